The van der Waals surface area contributed by atoms with Crippen molar-refractivity contribution in [2.24, 2.45) is 0 Å². The molecule has 0 amide bonds. The first kappa shape index (κ1) is 10.2. The maximum Gasteiger partial charge on any atom is 0.223 e. The molecule has 16 heavy (non-hydrogen) atoms. The summed E-state index contributed by atoms with van der Waals surface area (Å²) < 4.78 is 0. The Morgan fingerprint density at radius 2 is 2.19 bits per heavy atom. The molecule has 0 unspecified atom stereocenters. The Morgan fingerprint density at radius 3 is 2.88 bits per heavy atom. The molecule has 0 bridgehead atoms. The zero-order valence-corrected chi connectivity index (χ0v) is 8.64. The highest BCUT2D eigenvalue weighted by Crippen LogP contribution is 2.08. The Hall–Kier alpha value is -2.31. The van der Waals surface area contributed by atoms with Crippen LogP contribution >= 0.6 is 0 Å². The molecule has 6 N–H and O–H groups in total. The molecule has 0 fully saturated rings. The Balaban J connectivity index is 1.89. The highest BCUT2D eigenvalue weighted by Gasteiger charge is 1.99. The fraction of sp³-hybridized carbons (Fsp3) is 0.222. The molecule has 2 heterocycles. The van der Waals surface area contributed by atoms with Gasteiger partial charge in [-0.1, -0.05) is 0 Å². The summed E-state index contributed by atoms with van der Waals surface area (Å²) in [6.45, 7) is 0.698. The van der Waals surface area contributed by atoms with E-state index < -0.39 is 0 Å². The zero-order valence-electron chi connectivity index (χ0n) is 8.64. The Kier molecular flexibility index (Phi) is 2.86. The molecule has 0 radical (unpaired) electrons. The molecular formula is C9H13N7. The Labute approximate surface area is 92.3 Å². The molecule has 0 aliphatic heterocycles. The minimum atomic E-state index is 0.167. The van der Waals surface area contributed by atoms with E-state index in [4.69, 9.17) is 11.5 Å². The second kappa shape index (κ2) is 4.47. The molecule has 7 heteroatoms. The zero-order chi connectivity index (χ0) is 11.4. The third-order valence-corrected chi connectivity index (χ3v) is 1.99. The van der Waals surface area contributed by atoms with Gasteiger partial charge in [-0.15, -0.1) is 0 Å². The first-order valence-electron chi connectivity index (χ1n) is 4.86. The van der Waals surface area contributed by atoms with Crippen LogP contribution in [0.4, 0.5) is 17.6 Å². The lowest BCUT2D eigenvalue weighted by atomic mass is 10.4. The van der Waals surface area contributed by atoms with Gasteiger partial charge >= 0.3 is 0 Å². The van der Waals surface area contributed by atoms with Gasteiger partial charge in [-0.25, -0.2) is 4.98 Å². The van der Waals surface area contributed by atoms with Crippen LogP contribution < -0.4 is 16.8 Å². The van der Waals surface area contributed by atoms with Crippen LogP contribution in [0.5, 0.6) is 0 Å². The SMILES string of the molecule is Nc1cc(NCCc2ncc[nH]2)nc(N)n1. The predicted molar refractivity (Wildman–Crippen MR) is 61.6 cm³/mol. The average molecular weight is 219 g/mol. The number of aromatic nitrogens is 4. The summed E-state index contributed by atoms with van der Waals surface area (Å²) in [5.41, 5.74) is 11.0. The van der Waals surface area contributed by atoms with E-state index in [1.54, 1.807) is 18.5 Å². The number of nitrogens with one attached hydrogen (secondary N) is 2. The molecule has 0 spiro atoms. The van der Waals surface area contributed by atoms with Gasteiger partial charge in [0.1, 0.15) is 17.5 Å². The molecule has 2 rings (SSSR count). The van der Waals surface area contributed by atoms with Crippen LogP contribution in [-0.4, -0.2) is 26.5 Å². The molecule has 2 aromatic heterocycles. The highest BCUT2D eigenvalue weighted by atomic mass is 15.1. The fourth-order valence-electron chi connectivity index (χ4n) is 1.32. The second-order valence-electron chi connectivity index (χ2n) is 3.25. The predicted octanol–water partition coefficient (Wildman–Crippen LogP) is 0.0187. The summed E-state index contributed by atoms with van der Waals surface area (Å²) in [7, 11) is 0. The number of imidazole rings is 1. The minimum absolute atomic E-state index is 0.167. The van der Waals surface area contributed by atoms with Crippen LogP contribution in [0.15, 0.2) is 18.5 Å². The Morgan fingerprint density at radius 1 is 1.31 bits per heavy atom. The largest absolute Gasteiger partial charge is 0.383 e. The van der Waals surface area contributed by atoms with E-state index in [1.165, 1.54) is 0 Å². The lowest BCUT2D eigenvalue weighted by molar-refractivity contribution is 0.921. The molecule has 0 saturated heterocycles. The standard InChI is InChI=1S/C9H13N7/c10-6-5-8(16-9(11)15-6)12-2-1-7-13-3-4-14-7/h3-5H,1-2H2,(H,13,14)(H5,10,11,12,15,16). The van der Waals surface area contributed by atoms with Crippen molar-refractivity contribution >= 4 is 17.6 Å². The number of anilines is 3. The summed E-state index contributed by atoms with van der Waals surface area (Å²) in [5, 5.41) is 3.09. The third-order valence-electron chi connectivity index (χ3n) is 1.99. The van der Waals surface area contributed by atoms with Crippen molar-refractivity contribution in [2.45, 2.75) is 6.42 Å². The van der Waals surface area contributed by atoms with Crippen LogP contribution in [0.1, 0.15) is 5.82 Å². The molecule has 0 aromatic carbocycles. The van der Waals surface area contributed by atoms with Gasteiger partial charge in [-0.2, -0.15) is 9.97 Å². The first-order chi connectivity index (χ1) is 7.74. The monoisotopic (exact) mass is 219 g/mol. The molecule has 0 aliphatic rings. The van der Waals surface area contributed by atoms with E-state index in [1.807, 2.05) is 0 Å². The molecule has 0 saturated carbocycles. The fourth-order valence-corrected chi connectivity index (χ4v) is 1.32. The summed E-state index contributed by atoms with van der Waals surface area (Å²) in [6.07, 6.45) is 4.28. The third kappa shape index (κ3) is 2.59. The maximum atomic E-state index is 5.54. The lowest BCUT2D eigenvalue weighted by Crippen LogP contribution is -2.09. The average Bonchev–Trinajstić information content (AvgIpc) is 2.69. The number of hydrogen-bond donors (Lipinski definition) is 4. The summed E-state index contributed by atoms with van der Waals surface area (Å²) >= 11 is 0. The minimum Gasteiger partial charge on any atom is -0.383 e. The molecule has 0 aliphatic carbocycles. The molecule has 84 valence electrons. The van der Waals surface area contributed by atoms with E-state index >= 15 is 0 Å². The van der Waals surface area contributed by atoms with E-state index in [0.29, 0.717) is 18.2 Å². The Bertz CT molecular complexity index is 431. The van der Waals surface area contributed by atoms with Gasteiger partial charge in [-0.05, 0) is 0 Å². The topological polar surface area (TPSA) is 119 Å². The number of aromatic amines is 1. The summed E-state index contributed by atoms with van der Waals surface area (Å²) in [4.78, 5) is 14.9. The van der Waals surface area contributed by atoms with Crippen LogP contribution in [0.3, 0.4) is 0 Å². The van der Waals surface area contributed by atoms with Gasteiger partial charge in [0.2, 0.25) is 5.95 Å². The normalized spacial score (nSPS) is 10.2. The number of nitrogens with zero attached hydrogens (tertiary/aromatic N) is 3. The van der Waals surface area contributed by atoms with Crippen LogP contribution in [-0.2, 0) is 6.42 Å². The van der Waals surface area contributed by atoms with Crippen LogP contribution in [0.25, 0.3) is 0 Å². The van der Waals surface area contributed by atoms with Gasteiger partial charge in [-0.3, -0.25) is 0 Å². The maximum absolute atomic E-state index is 5.54. The smallest absolute Gasteiger partial charge is 0.223 e. The van der Waals surface area contributed by atoms with Crippen molar-refractivity contribution < 1.29 is 0 Å². The van der Waals surface area contributed by atoms with Crippen molar-refractivity contribution in [1.29, 1.82) is 0 Å². The summed E-state index contributed by atoms with van der Waals surface area (Å²) in [5.74, 6) is 2.06. The van der Waals surface area contributed by atoms with Gasteiger partial charge in [0.05, 0.1) is 0 Å². The number of H-pyrrole nitrogens is 1. The lowest BCUT2D eigenvalue weighted by Gasteiger charge is -2.05. The van der Waals surface area contributed by atoms with Gasteiger partial charge in [0, 0.05) is 31.4 Å². The number of hydrogen-bond acceptors (Lipinski definition) is 6. The van der Waals surface area contributed by atoms with Gasteiger partial charge in [0.25, 0.3) is 0 Å². The van der Waals surface area contributed by atoms with Crippen molar-refractivity contribution in [3.05, 3.63) is 24.3 Å². The van der Waals surface area contributed by atoms with E-state index in [0.717, 1.165) is 12.2 Å². The van der Waals surface area contributed by atoms with Crippen molar-refractivity contribution in [3.63, 3.8) is 0 Å². The molecule has 7 nitrogen and oxygen atoms in total. The van der Waals surface area contributed by atoms with E-state index in [-0.39, 0.29) is 5.95 Å². The first-order valence-corrected chi connectivity index (χ1v) is 4.86. The number of nitrogens with two attached hydrogens (primary N) is 2. The van der Waals surface area contributed by atoms with Crippen LogP contribution in [0, 0.1) is 0 Å². The number of nitrogen functional groups attached to an aromatic ring is 2. The summed E-state index contributed by atoms with van der Waals surface area (Å²) in [6, 6.07) is 1.64. The molecule has 0 atom stereocenters. The molecular weight excluding hydrogens is 206 g/mol. The number of rotatable bonds is 4. The van der Waals surface area contributed by atoms with E-state index in [9.17, 15) is 0 Å². The van der Waals surface area contributed by atoms with E-state index in [2.05, 4.69) is 25.3 Å². The van der Waals surface area contributed by atoms with Gasteiger partial charge < -0.3 is 21.8 Å². The molecule has 2 aromatic rings. The van der Waals surface area contributed by atoms with Gasteiger partial charge in [0.15, 0.2) is 0 Å². The highest BCUT2D eigenvalue weighted by molar-refractivity contribution is 5.48. The van der Waals surface area contributed by atoms with Crippen molar-refractivity contribution in [2.75, 3.05) is 23.3 Å². The van der Waals surface area contributed by atoms with Crippen molar-refractivity contribution in [3.8, 4) is 0 Å². The van der Waals surface area contributed by atoms with Crippen molar-refractivity contribution in [1.82, 2.24) is 19.9 Å². The quantitative estimate of drug-likeness (QED) is 0.575. The van der Waals surface area contributed by atoms with Crippen LogP contribution in [0.2, 0.25) is 0 Å². The second-order valence-corrected chi connectivity index (χ2v) is 3.25.